The second-order valence-electron chi connectivity index (χ2n) is 7.13. The summed E-state index contributed by atoms with van der Waals surface area (Å²) in [5.74, 6) is 0. The number of hydrogen-bond donors (Lipinski definition) is 1. The summed E-state index contributed by atoms with van der Waals surface area (Å²) in [6, 6.07) is 3.02. The number of piperidine rings is 1. The van der Waals surface area contributed by atoms with Gasteiger partial charge < -0.3 is 5.32 Å². The minimum absolute atomic E-state index is 0.163. The van der Waals surface area contributed by atoms with E-state index in [1.54, 1.807) is 0 Å². The molecule has 4 heteroatoms. The molecule has 0 saturated carbocycles. The predicted molar refractivity (Wildman–Crippen MR) is 88.7 cm³/mol. The van der Waals surface area contributed by atoms with Crippen LogP contribution in [0.2, 0.25) is 0 Å². The molecule has 1 aromatic heterocycles. The topological polar surface area (TPSA) is 33.1 Å². The smallest absolute Gasteiger partial charge is 0.0640 e. The molecule has 1 aliphatic rings. The van der Waals surface area contributed by atoms with Crippen LogP contribution < -0.4 is 5.32 Å². The summed E-state index contributed by atoms with van der Waals surface area (Å²) >= 11 is 0. The van der Waals surface area contributed by atoms with Crippen LogP contribution in [0, 0.1) is 0 Å². The Balaban J connectivity index is 2.06. The van der Waals surface area contributed by atoms with Crippen LogP contribution in [-0.2, 0) is 6.42 Å². The van der Waals surface area contributed by atoms with E-state index in [2.05, 4.69) is 61.9 Å². The van der Waals surface area contributed by atoms with Crippen molar-refractivity contribution in [3.05, 3.63) is 18.0 Å². The lowest BCUT2D eigenvalue weighted by atomic mass is 9.87. The minimum Gasteiger partial charge on any atom is -0.315 e. The molecule has 1 aliphatic heterocycles. The number of likely N-dealkylation sites (tertiary alicyclic amines) is 1. The molecule has 1 N–H and O–H groups in total. The number of aromatic nitrogens is 2. The quantitative estimate of drug-likeness (QED) is 0.875. The summed E-state index contributed by atoms with van der Waals surface area (Å²) in [5.41, 5.74) is 1.35. The highest BCUT2D eigenvalue weighted by Gasteiger charge is 2.35. The van der Waals surface area contributed by atoms with Gasteiger partial charge in [0.15, 0.2) is 0 Å². The Kier molecular flexibility index (Phi) is 5.44. The van der Waals surface area contributed by atoms with Gasteiger partial charge in [-0.2, -0.15) is 5.10 Å². The Morgan fingerprint density at radius 2 is 1.90 bits per heavy atom. The van der Waals surface area contributed by atoms with Crippen LogP contribution in [0.5, 0.6) is 0 Å². The van der Waals surface area contributed by atoms with Gasteiger partial charge in [0.25, 0.3) is 0 Å². The van der Waals surface area contributed by atoms with Crippen molar-refractivity contribution in [3.63, 3.8) is 0 Å². The van der Waals surface area contributed by atoms with Crippen LogP contribution in [-0.4, -0.2) is 46.4 Å². The highest BCUT2D eigenvalue weighted by Crippen LogP contribution is 2.25. The van der Waals surface area contributed by atoms with Crippen molar-refractivity contribution in [2.75, 3.05) is 20.1 Å². The van der Waals surface area contributed by atoms with Crippen molar-refractivity contribution in [1.29, 1.82) is 0 Å². The molecule has 0 aromatic carbocycles. The first kappa shape index (κ1) is 16.5. The first-order chi connectivity index (χ1) is 9.95. The van der Waals surface area contributed by atoms with Crippen molar-refractivity contribution in [2.24, 2.45) is 0 Å². The van der Waals surface area contributed by atoms with Crippen LogP contribution >= 0.6 is 0 Å². The van der Waals surface area contributed by atoms with Gasteiger partial charge in [0.2, 0.25) is 0 Å². The summed E-state index contributed by atoms with van der Waals surface area (Å²) in [6.45, 7) is 11.5. The fourth-order valence-corrected chi connectivity index (χ4v) is 3.38. The minimum atomic E-state index is 0.163. The average molecular weight is 292 g/mol. The summed E-state index contributed by atoms with van der Waals surface area (Å²) < 4.78 is 2.05. The molecule has 1 unspecified atom stereocenters. The monoisotopic (exact) mass is 292 g/mol. The first-order valence-electron chi connectivity index (χ1n) is 8.41. The molecule has 120 valence electrons. The molecule has 1 aromatic rings. The summed E-state index contributed by atoms with van der Waals surface area (Å²) in [5, 5.41) is 8.25. The summed E-state index contributed by atoms with van der Waals surface area (Å²) in [7, 11) is 2.08. The zero-order chi connectivity index (χ0) is 15.5. The largest absolute Gasteiger partial charge is 0.315 e. The fraction of sp³-hybridized carbons (Fsp3) is 0.824. The average Bonchev–Trinajstić information content (AvgIpc) is 2.94. The van der Waals surface area contributed by atoms with E-state index < -0.39 is 0 Å². The zero-order valence-electron chi connectivity index (χ0n) is 14.4. The normalized spacial score (nSPS) is 19.1. The molecule has 0 radical (unpaired) electrons. The maximum Gasteiger partial charge on any atom is 0.0640 e. The Hall–Kier alpha value is -0.870. The van der Waals surface area contributed by atoms with Crippen molar-refractivity contribution in [1.82, 2.24) is 20.0 Å². The van der Waals surface area contributed by atoms with Crippen LogP contribution in [0.3, 0.4) is 0 Å². The van der Waals surface area contributed by atoms with E-state index in [0.717, 1.165) is 6.42 Å². The lowest BCUT2D eigenvalue weighted by Gasteiger charge is -2.46. The lowest BCUT2D eigenvalue weighted by Crippen LogP contribution is -2.59. The predicted octanol–water partition coefficient (Wildman–Crippen LogP) is 2.86. The number of nitrogens with zero attached hydrogens (tertiary/aromatic N) is 3. The Morgan fingerprint density at radius 3 is 2.43 bits per heavy atom. The van der Waals surface area contributed by atoms with Crippen LogP contribution in [0.25, 0.3) is 0 Å². The molecule has 0 amide bonds. The molecule has 0 spiro atoms. The van der Waals surface area contributed by atoms with Gasteiger partial charge in [0, 0.05) is 30.2 Å². The van der Waals surface area contributed by atoms with Crippen LogP contribution in [0.4, 0.5) is 0 Å². The Morgan fingerprint density at radius 1 is 1.24 bits per heavy atom. The van der Waals surface area contributed by atoms with Crippen LogP contribution in [0.1, 0.15) is 58.7 Å². The SMILES string of the molecule is CNC(Cc1ccn(C(C)C)n1)C(C)(C)N1CCCCC1. The molecule has 1 saturated heterocycles. The number of nitrogens with one attached hydrogen (secondary N) is 1. The Bertz CT molecular complexity index is 430. The molecule has 0 aliphatic carbocycles. The molecular weight excluding hydrogens is 260 g/mol. The first-order valence-corrected chi connectivity index (χ1v) is 8.41. The van der Waals surface area contributed by atoms with E-state index in [9.17, 15) is 0 Å². The van der Waals surface area contributed by atoms with Crippen molar-refractivity contribution in [2.45, 2.75) is 71.0 Å². The number of rotatable bonds is 6. The number of likely N-dealkylation sites (N-methyl/N-ethyl adjacent to an activating group) is 1. The van der Waals surface area contributed by atoms with Gasteiger partial charge in [-0.3, -0.25) is 9.58 Å². The van der Waals surface area contributed by atoms with Gasteiger partial charge >= 0.3 is 0 Å². The van der Waals surface area contributed by atoms with E-state index in [1.807, 2.05) is 0 Å². The van der Waals surface area contributed by atoms with E-state index >= 15 is 0 Å². The maximum atomic E-state index is 4.71. The van der Waals surface area contributed by atoms with Gasteiger partial charge in [0.05, 0.1) is 5.69 Å². The van der Waals surface area contributed by atoms with E-state index in [-0.39, 0.29) is 5.54 Å². The third-order valence-corrected chi connectivity index (χ3v) is 4.98. The molecule has 4 nitrogen and oxygen atoms in total. The second-order valence-corrected chi connectivity index (χ2v) is 7.13. The molecule has 1 atom stereocenters. The highest BCUT2D eigenvalue weighted by atomic mass is 15.3. The second kappa shape index (κ2) is 6.93. The van der Waals surface area contributed by atoms with E-state index in [1.165, 1.54) is 38.0 Å². The van der Waals surface area contributed by atoms with Crippen LogP contribution in [0.15, 0.2) is 12.3 Å². The van der Waals surface area contributed by atoms with Gasteiger partial charge in [-0.05, 0) is 66.7 Å². The van der Waals surface area contributed by atoms with E-state index in [0.29, 0.717) is 12.1 Å². The third-order valence-electron chi connectivity index (χ3n) is 4.98. The Labute approximate surface area is 129 Å². The summed E-state index contributed by atoms with van der Waals surface area (Å²) in [4.78, 5) is 2.65. The lowest BCUT2D eigenvalue weighted by molar-refractivity contribution is 0.0632. The molecule has 2 heterocycles. The van der Waals surface area contributed by atoms with E-state index in [4.69, 9.17) is 5.10 Å². The van der Waals surface area contributed by atoms with Gasteiger partial charge in [-0.25, -0.2) is 0 Å². The molecule has 21 heavy (non-hydrogen) atoms. The number of hydrogen-bond acceptors (Lipinski definition) is 3. The van der Waals surface area contributed by atoms with Crippen molar-refractivity contribution < 1.29 is 0 Å². The molecule has 0 bridgehead atoms. The van der Waals surface area contributed by atoms with Gasteiger partial charge in [-0.15, -0.1) is 0 Å². The zero-order valence-corrected chi connectivity index (χ0v) is 14.4. The molecular formula is C17H32N4. The maximum absolute atomic E-state index is 4.71. The fourth-order valence-electron chi connectivity index (χ4n) is 3.38. The van der Waals surface area contributed by atoms with Gasteiger partial charge in [0.1, 0.15) is 0 Å². The van der Waals surface area contributed by atoms with Crippen molar-refractivity contribution in [3.8, 4) is 0 Å². The molecule has 2 rings (SSSR count). The van der Waals surface area contributed by atoms with Crippen molar-refractivity contribution >= 4 is 0 Å². The molecule has 1 fully saturated rings. The summed E-state index contributed by atoms with van der Waals surface area (Å²) in [6.07, 6.45) is 7.14. The third kappa shape index (κ3) is 3.86. The highest BCUT2D eigenvalue weighted by molar-refractivity contribution is 5.06. The standard InChI is InChI=1S/C17H32N4/c1-14(2)21-12-9-15(19-21)13-16(18-5)17(3,4)20-10-7-6-8-11-20/h9,12,14,16,18H,6-8,10-11,13H2,1-5H3. The van der Waals surface area contributed by atoms with Gasteiger partial charge in [-0.1, -0.05) is 6.42 Å².